The van der Waals surface area contributed by atoms with Crippen molar-refractivity contribution in [2.45, 2.75) is 199 Å². The highest BCUT2D eigenvalue weighted by Gasteiger charge is 2.63. The molecule has 12 nitrogen and oxygen atoms in total. The predicted octanol–water partition coefficient (Wildman–Crippen LogP) is 5.27. The fraction of sp³-hybridized carbons (Fsp3) is 0.976. The third-order valence-electron chi connectivity index (χ3n) is 15.2. The third kappa shape index (κ3) is 7.16. The lowest BCUT2D eigenvalue weighted by Gasteiger charge is -2.54. The highest BCUT2D eigenvalue weighted by atomic mass is 16.7. The van der Waals surface area contributed by atoms with Crippen LogP contribution in [0.4, 0.5) is 0 Å². The number of hydrogen-bond donors (Lipinski definition) is 4. The van der Waals surface area contributed by atoms with Crippen LogP contribution in [0.3, 0.4) is 0 Å². The first-order valence-corrected chi connectivity index (χ1v) is 20.5. The lowest BCUT2D eigenvalue weighted by Crippen LogP contribution is -2.65. The first-order chi connectivity index (χ1) is 24.5. The van der Waals surface area contributed by atoms with Gasteiger partial charge in [0, 0.05) is 49.5 Å². The molecule has 306 valence electrons. The Morgan fingerprint density at radius 1 is 0.830 bits per heavy atom. The summed E-state index contributed by atoms with van der Waals surface area (Å²) in [6, 6.07) is 0. The first kappa shape index (κ1) is 41.7. The molecule has 0 aromatic heterocycles. The molecule has 0 aromatic carbocycles. The Kier molecular flexibility index (Phi) is 11.4. The van der Waals surface area contributed by atoms with Crippen molar-refractivity contribution >= 4 is 5.97 Å². The molecule has 21 atom stereocenters. The van der Waals surface area contributed by atoms with Gasteiger partial charge in [0.05, 0.1) is 60.0 Å². The SMILES string of the molecule is CO[C@H]1[C@@H](C)[C@@H]([C@H](C)[C@H]2O[C@@]3(CC[C@@](C)([C@H]4CC[C@@](C)([C@@H]5O[C@@H]([C@H]6O[C@](C)(O)[C@H](C)C[C@@H]6C)C[C@@H]5C)O4)O3)C[C@H](O)[C@H]2C)O[C@@](O)([C@H](C)C(=O)O)[C@@H]1C. The molecule has 6 rings (SSSR count). The van der Waals surface area contributed by atoms with Crippen molar-refractivity contribution in [3.63, 3.8) is 0 Å². The van der Waals surface area contributed by atoms with Gasteiger partial charge < -0.3 is 53.6 Å². The van der Waals surface area contributed by atoms with Gasteiger partial charge in [-0.05, 0) is 71.6 Å². The molecule has 4 N–H and O–H groups in total. The second kappa shape index (κ2) is 14.5. The molecule has 0 bridgehead atoms. The highest BCUT2D eigenvalue weighted by Crippen LogP contribution is 2.55. The molecular weight excluding hydrogens is 684 g/mol. The molecule has 0 amide bonds. The normalized spacial score (nSPS) is 56.1. The van der Waals surface area contributed by atoms with E-state index in [0.717, 1.165) is 25.7 Å². The van der Waals surface area contributed by atoms with Crippen molar-refractivity contribution < 1.29 is 58.4 Å². The summed E-state index contributed by atoms with van der Waals surface area (Å²) in [4.78, 5) is 12.1. The van der Waals surface area contributed by atoms with Crippen molar-refractivity contribution in [1.82, 2.24) is 0 Å². The van der Waals surface area contributed by atoms with Crippen molar-refractivity contribution in [1.29, 1.82) is 0 Å². The number of carboxylic acids is 1. The van der Waals surface area contributed by atoms with E-state index in [4.69, 9.17) is 33.2 Å². The van der Waals surface area contributed by atoms with E-state index in [1.165, 1.54) is 6.92 Å². The van der Waals surface area contributed by atoms with Crippen LogP contribution in [0.15, 0.2) is 0 Å². The molecule has 0 aliphatic carbocycles. The van der Waals surface area contributed by atoms with Crippen molar-refractivity contribution in [3.05, 3.63) is 0 Å². The summed E-state index contributed by atoms with van der Waals surface area (Å²) >= 11 is 0. The summed E-state index contributed by atoms with van der Waals surface area (Å²) in [7, 11) is 1.58. The zero-order valence-electron chi connectivity index (χ0n) is 34.2. The molecule has 6 aliphatic rings. The summed E-state index contributed by atoms with van der Waals surface area (Å²) in [5, 5.41) is 44.1. The number of methoxy groups -OCH3 is 1. The second-order valence-electron chi connectivity index (χ2n) is 19.2. The Morgan fingerprint density at radius 3 is 2.13 bits per heavy atom. The minimum Gasteiger partial charge on any atom is -0.481 e. The monoisotopic (exact) mass is 754 g/mol. The van der Waals surface area contributed by atoms with E-state index in [0.29, 0.717) is 19.3 Å². The molecule has 0 saturated carbocycles. The number of carbonyl (C=O) groups is 1. The van der Waals surface area contributed by atoms with E-state index in [1.54, 1.807) is 21.0 Å². The summed E-state index contributed by atoms with van der Waals surface area (Å²) < 4.78 is 46.4. The van der Waals surface area contributed by atoms with Crippen LogP contribution in [0, 0.1) is 47.3 Å². The van der Waals surface area contributed by atoms with E-state index in [2.05, 4.69) is 27.7 Å². The average molecular weight is 755 g/mol. The van der Waals surface area contributed by atoms with E-state index in [-0.39, 0.29) is 59.9 Å². The molecule has 6 aliphatic heterocycles. The number of ether oxygens (including phenoxy) is 7. The number of aliphatic hydroxyl groups excluding tert-OH is 1. The smallest absolute Gasteiger partial charge is 0.311 e. The molecule has 12 heteroatoms. The highest BCUT2D eigenvalue weighted by molar-refractivity contribution is 5.70. The number of hydrogen-bond acceptors (Lipinski definition) is 11. The molecule has 6 fully saturated rings. The Morgan fingerprint density at radius 2 is 1.49 bits per heavy atom. The van der Waals surface area contributed by atoms with Crippen LogP contribution < -0.4 is 0 Å². The van der Waals surface area contributed by atoms with Crippen molar-refractivity contribution in [2.75, 3.05) is 7.11 Å². The van der Waals surface area contributed by atoms with Gasteiger partial charge in [0.2, 0.25) is 0 Å². The Hall–Kier alpha value is -0.930. The maximum absolute atomic E-state index is 12.1. The number of carboxylic acid groups (broad SMARTS) is 1. The minimum atomic E-state index is -1.96. The molecule has 0 radical (unpaired) electrons. The molecule has 53 heavy (non-hydrogen) atoms. The van der Waals surface area contributed by atoms with Gasteiger partial charge in [0.15, 0.2) is 17.4 Å². The topological polar surface area (TPSA) is 163 Å². The van der Waals surface area contributed by atoms with Crippen molar-refractivity contribution in [3.8, 4) is 0 Å². The molecule has 6 saturated heterocycles. The van der Waals surface area contributed by atoms with Crippen LogP contribution in [-0.2, 0) is 38.0 Å². The maximum Gasteiger partial charge on any atom is 0.311 e. The lowest BCUT2D eigenvalue weighted by atomic mass is 9.71. The molecule has 0 aromatic rings. The van der Waals surface area contributed by atoms with Crippen molar-refractivity contribution in [2.24, 2.45) is 47.3 Å². The van der Waals surface area contributed by atoms with Crippen LogP contribution >= 0.6 is 0 Å². The van der Waals surface area contributed by atoms with E-state index in [1.807, 2.05) is 27.7 Å². The van der Waals surface area contributed by atoms with Crippen LogP contribution in [0.2, 0.25) is 0 Å². The van der Waals surface area contributed by atoms with Gasteiger partial charge >= 0.3 is 5.97 Å². The Labute approximate surface area is 316 Å². The van der Waals surface area contributed by atoms with Gasteiger partial charge in [-0.2, -0.15) is 0 Å². The summed E-state index contributed by atoms with van der Waals surface area (Å²) in [5.41, 5.74) is -1.19. The summed E-state index contributed by atoms with van der Waals surface area (Å²) in [6.07, 6.45) is 2.00. The van der Waals surface area contributed by atoms with E-state index < -0.39 is 70.8 Å². The summed E-state index contributed by atoms with van der Waals surface area (Å²) in [6.45, 7) is 21.6. The largest absolute Gasteiger partial charge is 0.481 e. The summed E-state index contributed by atoms with van der Waals surface area (Å²) in [5.74, 6) is -7.35. The number of aliphatic carboxylic acids is 1. The maximum atomic E-state index is 12.1. The second-order valence-corrected chi connectivity index (χ2v) is 19.2. The van der Waals surface area contributed by atoms with Crippen LogP contribution in [0.1, 0.15) is 121 Å². The van der Waals surface area contributed by atoms with Crippen LogP contribution in [0.25, 0.3) is 0 Å². The minimum absolute atomic E-state index is 0.0508. The fourth-order valence-corrected chi connectivity index (χ4v) is 11.5. The van der Waals surface area contributed by atoms with Crippen LogP contribution in [0.5, 0.6) is 0 Å². The lowest BCUT2D eigenvalue weighted by molar-refractivity contribution is -0.365. The van der Waals surface area contributed by atoms with Crippen LogP contribution in [-0.4, -0.2) is 111 Å². The van der Waals surface area contributed by atoms with Gasteiger partial charge in [-0.1, -0.05) is 48.5 Å². The Bertz CT molecular complexity index is 1330. The fourth-order valence-electron chi connectivity index (χ4n) is 11.5. The quantitative estimate of drug-likeness (QED) is 0.255. The van der Waals surface area contributed by atoms with E-state index in [9.17, 15) is 25.2 Å². The first-order valence-electron chi connectivity index (χ1n) is 20.5. The standard InChI is InChI=1S/C41H70O12/c1-20-17-22(3)39(11,45)50-31(20)29-18-21(2)35(48-29)38(10)14-13-30(49-38)37(9)15-16-40(53-37)19-28(42)23(4)32(51-40)24(5)33-25(6)34(47-12)26(7)41(46,52-33)27(8)36(43)44/h20-35,42,45-46H,13-19H2,1-12H3,(H,43,44)/t20-,21-,22+,23+,24+,25-,26+,27+,28-,29+,30+,31-,32-,33+,34-,35+,37-,38-,39-,40+,41+/m0/s1. The Balaban J connectivity index is 1.15. The molecule has 1 spiro atoms. The van der Waals surface area contributed by atoms with Gasteiger partial charge in [-0.15, -0.1) is 0 Å². The van der Waals surface area contributed by atoms with Gasteiger partial charge in [-0.25, -0.2) is 0 Å². The van der Waals surface area contributed by atoms with Gasteiger partial charge in [0.1, 0.15) is 5.92 Å². The molecule has 6 heterocycles. The molecular formula is C41H70O12. The predicted molar refractivity (Wildman–Crippen MR) is 194 cm³/mol. The number of rotatable bonds is 8. The average Bonchev–Trinajstić information content (AvgIpc) is 3.78. The zero-order chi connectivity index (χ0) is 39.2. The third-order valence-corrected chi connectivity index (χ3v) is 15.2. The number of aliphatic hydroxyl groups is 3. The molecule has 0 unspecified atom stereocenters. The van der Waals surface area contributed by atoms with Gasteiger partial charge in [-0.3, -0.25) is 4.79 Å². The van der Waals surface area contributed by atoms with E-state index >= 15 is 0 Å². The zero-order valence-corrected chi connectivity index (χ0v) is 34.2. The van der Waals surface area contributed by atoms with Gasteiger partial charge in [0.25, 0.3) is 0 Å².